The largest absolute Gasteiger partial charge is 0.352 e. The Morgan fingerprint density at radius 2 is 1.19 bits per heavy atom. The van der Waals surface area contributed by atoms with Crippen molar-refractivity contribution in [1.29, 1.82) is 0 Å². The molecule has 2 rings (SSSR count). The van der Waals surface area contributed by atoms with E-state index in [1.165, 1.54) is 44.9 Å². The quantitative estimate of drug-likeness (QED) is 0.697. The molecule has 0 aliphatic heterocycles. The molecular formula is C16H29N3O2. The van der Waals surface area contributed by atoms with E-state index in [0.717, 1.165) is 25.7 Å². The third-order valence-electron chi connectivity index (χ3n) is 4.57. The maximum atomic E-state index is 11.9. The molecule has 0 spiro atoms. The first kappa shape index (κ1) is 16.1. The smallest absolute Gasteiger partial charge is 0.315 e. The molecule has 120 valence electrons. The molecule has 3 amide bonds. The van der Waals surface area contributed by atoms with Gasteiger partial charge in [-0.3, -0.25) is 4.79 Å². The Morgan fingerprint density at radius 3 is 1.76 bits per heavy atom. The van der Waals surface area contributed by atoms with E-state index in [1.54, 1.807) is 0 Å². The molecule has 0 aromatic carbocycles. The average molecular weight is 295 g/mol. The summed E-state index contributed by atoms with van der Waals surface area (Å²) >= 11 is 0. The van der Waals surface area contributed by atoms with Gasteiger partial charge in [0.2, 0.25) is 5.91 Å². The van der Waals surface area contributed by atoms with E-state index < -0.39 is 0 Å². The van der Waals surface area contributed by atoms with Crippen molar-refractivity contribution in [3.8, 4) is 0 Å². The first-order chi connectivity index (χ1) is 10.2. The molecule has 5 nitrogen and oxygen atoms in total. The number of carbonyl (C=O) groups excluding carboxylic acids is 2. The van der Waals surface area contributed by atoms with Crippen molar-refractivity contribution in [2.75, 3.05) is 6.54 Å². The number of nitrogens with one attached hydrogen (secondary N) is 3. The van der Waals surface area contributed by atoms with Crippen LogP contribution in [0.25, 0.3) is 0 Å². The molecule has 3 N–H and O–H groups in total. The second-order valence-electron chi connectivity index (χ2n) is 6.42. The van der Waals surface area contributed by atoms with Gasteiger partial charge < -0.3 is 16.0 Å². The Hall–Kier alpha value is -1.26. The molecule has 2 saturated carbocycles. The fourth-order valence-electron chi connectivity index (χ4n) is 3.35. The van der Waals surface area contributed by atoms with Gasteiger partial charge in [0.15, 0.2) is 0 Å². The number of hydrogen-bond donors (Lipinski definition) is 3. The van der Waals surface area contributed by atoms with E-state index in [4.69, 9.17) is 0 Å². The highest BCUT2D eigenvalue weighted by Gasteiger charge is 2.17. The minimum absolute atomic E-state index is 0.0688. The van der Waals surface area contributed by atoms with E-state index in [0.29, 0.717) is 6.04 Å². The normalized spacial score (nSPS) is 21.3. The fourth-order valence-corrected chi connectivity index (χ4v) is 3.35. The van der Waals surface area contributed by atoms with Crippen molar-refractivity contribution in [3.05, 3.63) is 0 Å². The van der Waals surface area contributed by atoms with Gasteiger partial charge in [-0.2, -0.15) is 0 Å². The molecular weight excluding hydrogens is 266 g/mol. The summed E-state index contributed by atoms with van der Waals surface area (Å²) in [4.78, 5) is 23.6. The lowest BCUT2D eigenvalue weighted by molar-refractivity contribution is -0.120. The third-order valence-corrected chi connectivity index (χ3v) is 4.57. The average Bonchev–Trinajstić information content (AvgIpc) is 2.75. The van der Waals surface area contributed by atoms with E-state index in [2.05, 4.69) is 16.0 Å². The second-order valence-corrected chi connectivity index (χ2v) is 6.42. The van der Waals surface area contributed by atoms with Crippen LogP contribution in [0, 0.1) is 0 Å². The minimum atomic E-state index is -0.210. The van der Waals surface area contributed by atoms with Crippen molar-refractivity contribution in [1.82, 2.24) is 16.0 Å². The Labute approximate surface area is 127 Å². The van der Waals surface area contributed by atoms with Gasteiger partial charge in [0, 0.05) is 12.1 Å². The van der Waals surface area contributed by atoms with Crippen molar-refractivity contribution >= 4 is 11.9 Å². The molecule has 5 heteroatoms. The topological polar surface area (TPSA) is 70.2 Å². The Balaban J connectivity index is 1.59. The Morgan fingerprint density at radius 1 is 0.714 bits per heavy atom. The summed E-state index contributed by atoms with van der Waals surface area (Å²) in [6.45, 7) is 0.0784. The van der Waals surface area contributed by atoms with Crippen molar-refractivity contribution in [2.24, 2.45) is 0 Å². The monoisotopic (exact) mass is 295 g/mol. The first-order valence-corrected chi connectivity index (χ1v) is 8.58. The van der Waals surface area contributed by atoms with Crippen LogP contribution in [0.2, 0.25) is 0 Å². The van der Waals surface area contributed by atoms with Crippen molar-refractivity contribution < 1.29 is 9.59 Å². The lowest BCUT2D eigenvalue weighted by Gasteiger charge is -2.23. The summed E-state index contributed by atoms with van der Waals surface area (Å²) in [5.74, 6) is -0.0688. The zero-order valence-corrected chi connectivity index (χ0v) is 13.0. The molecule has 21 heavy (non-hydrogen) atoms. The fraction of sp³-hybridized carbons (Fsp3) is 0.875. The lowest BCUT2D eigenvalue weighted by atomic mass is 9.96. The highest BCUT2D eigenvalue weighted by atomic mass is 16.2. The maximum absolute atomic E-state index is 11.9. The summed E-state index contributed by atoms with van der Waals surface area (Å²) in [5, 5.41) is 8.67. The number of hydrogen-bond acceptors (Lipinski definition) is 2. The van der Waals surface area contributed by atoms with Crippen molar-refractivity contribution in [3.63, 3.8) is 0 Å². The van der Waals surface area contributed by atoms with E-state index >= 15 is 0 Å². The van der Waals surface area contributed by atoms with Crippen molar-refractivity contribution in [2.45, 2.75) is 82.7 Å². The zero-order chi connectivity index (χ0) is 14.9. The molecule has 2 fully saturated rings. The number of amides is 3. The molecule has 2 aliphatic rings. The second kappa shape index (κ2) is 8.90. The molecule has 0 radical (unpaired) electrons. The van der Waals surface area contributed by atoms with E-state index in [1.807, 2.05) is 0 Å². The third kappa shape index (κ3) is 6.36. The number of urea groups is 1. The molecule has 0 aromatic heterocycles. The molecule has 0 heterocycles. The molecule has 0 saturated heterocycles. The SMILES string of the molecule is O=C(CNC(=O)NC1CCCCC1)NC1CCCCCC1. The highest BCUT2D eigenvalue weighted by molar-refractivity contribution is 5.84. The van der Waals surface area contributed by atoms with E-state index in [-0.39, 0.29) is 24.5 Å². The van der Waals surface area contributed by atoms with Crippen LogP contribution in [0.15, 0.2) is 0 Å². The summed E-state index contributed by atoms with van der Waals surface area (Å²) < 4.78 is 0. The number of rotatable bonds is 4. The zero-order valence-electron chi connectivity index (χ0n) is 13.0. The predicted octanol–water partition coefficient (Wildman–Crippen LogP) is 2.46. The predicted molar refractivity (Wildman–Crippen MR) is 83.0 cm³/mol. The van der Waals surface area contributed by atoms with Gasteiger partial charge in [-0.05, 0) is 25.7 Å². The van der Waals surface area contributed by atoms with Gasteiger partial charge >= 0.3 is 6.03 Å². The summed E-state index contributed by atoms with van der Waals surface area (Å²) in [6, 6.07) is 0.366. The minimum Gasteiger partial charge on any atom is -0.352 e. The molecule has 0 aromatic rings. The molecule has 0 bridgehead atoms. The van der Waals surface area contributed by atoms with Crippen LogP contribution in [0.1, 0.15) is 70.6 Å². The van der Waals surface area contributed by atoms with Gasteiger partial charge in [-0.15, -0.1) is 0 Å². The lowest BCUT2D eigenvalue weighted by Crippen LogP contribution is -2.47. The van der Waals surface area contributed by atoms with Crippen LogP contribution in [0.4, 0.5) is 4.79 Å². The molecule has 2 aliphatic carbocycles. The van der Waals surface area contributed by atoms with Gasteiger partial charge in [-0.25, -0.2) is 4.79 Å². The van der Waals surface area contributed by atoms with Gasteiger partial charge in [0.05, 0.1) is 6.54 Å². The summed E-state index contributed by atoms with van der Waals surface area (Å²) in [5.41, 5.74) is 0. The van der Waals surface area contributed by atoms with Gasteiger partial charge in [-0.1, -0.05) is 44.9 Å². The van der Waals surface area contributed by atoms with E-state index in [9.17, 15) is 9.59 Å². The molecule has 0 atom stereocenters. The van der Waals surface area contributed by atoms with Crippen LogP contribution in [-0.4, -0.2) is 30.6 Å². The Bertz CT molecular complexity index is 332. The van der Waals surface area contributed by atoms with Crippen LogP contribution < -0.4 is 16.0 Å². The van der Waals surface area contributed by atoms with Crippen LogP contribution in [-0.2, 0) is 4.79 Å². The summed E-state index contributed by atoms with van der Waals surface area (Å²) in [7, 11) is 0. The van der Waals surface area contributed by atoms with Gasteiger partial charge in [0.1, 0.15) is 0 Å². The highest BCUT2D eigenvalue weighted by Crippen LogP contribution is 2.17. The number of carbonyl (C=O) groups is 2. The summed E-state index contributed by atoms with van der Waals surface area (Å²) in [6.07, 6.45) is 12.8. The first-order valence-electron chi connectivity index (χ1n) is 8.58. The van der Waals surface area contributed by atoms with Crippen LogP contribution in [0.3, 0.4) is 0 Å². The van der Waals surface area contributed by atoms with Crippen LogP contribution >= 0.6 is 0 Å². The van der Waals surface area contributed by atoms with Crippen LogP contribution in [0.5, 0.6) is 0 Å². The Kier molecular flexibility index (Phi) is 6.83. The maximum Gasteiger partial charge on any atom is 0.315 e. The standard InChI is InChI=1S/C16H29N3O2/c20-15(18-13-8-4-1-2-5-9-13)12-17-16(21)19-14-10-6-3-7-11-14/h13-14H,1-12H2,(H,18,20)(H2,17,19,21). The van der Waals surface area contributed by atoms with Gasteiger partial charge in [0.25, 0.3) is 0 Å². The molecule has 0 unspecified atom stereocenters.